The number of para-hydroxylation sites is 1. The molecular weight excluding hydrogens is 472 g/mol. The molecule has 1 aliphatic heterocycles. The lowest BCUT2D eigenvalue weighted by Gasteiger charge is -2.38. The molecule has 0 saturated heterocycles. The van der Waals surface area contributed by atoms with Crippen LogP contribution in [0, 0.1) is 5.41 Å². The average molecular weight is 493 g/mol. The molecule has 0 radical (unpaired) electrons. The van der Waals surface area contributed by atoms with E-state index in [0.29, 0.717) is 27.4 Å². The molecule has 4 aromatic rings. The number of fused-ring (bicyclic) bond motifs is 2. The van der Waals surface area contributed by atoms with Gasteiger partial charge in [-0.3, -0.25) is 10.1 Å². The van der Waals surface area contributed by atoms with Crippen LogP contribution in [0.25, 0.3) is 0 Å². The van der Waals surface area contributed by atoms with Gasteiger partial charge in [0.1, 0.15) is 17.0 Å². The maximum atomic E-state index is 13.3. The van der Waals surface area contributed by atoms with E-state index >= 15 is 0 Å². The zero-order chi connectivity index (χ0) is 23.7. The van der Waals surface area contributed by atoms with E-state index in [-0.39, 0.29) is 11.8 Å². The van der Waals surface area contributed by atoms with E-state index in [1.165, 1.54) is 22.7 Å². The first-order valence-corrected chi connectivity index (χ1v) is 12.1. The van der Waals surface area contributed by atoms with Gasteiger partial charge in [0, 0.05) is 40.4 Å². The summed E-state index contributed by atoms with van der Waals surface area (Å²) in [6.07, 6.45) is 1.62. The highest BCUT2D eigenvalue weighted by Gasteiger charge is 2.43. The number of hydrogen-bond donors (Lipinski definition) is 3. The standard InChI is InChI=1S/C23H20N6O3S2/c1-23(2,19(30)27-22-29-25-12-34-22)18-14-5-3-4-6-16(14)32-17-11-13(7-8-15(17)18)26-20(31)28-21-24-9-10-33-21/h3-12,18H,1-2H3,(H,27,29,30)(H2,24,26,28,31). The molecule has 9 nitrogen and oxygen atoms in total. The van der Waals surface area contributed by atoms with Crippen LogP contribution in [0.4, 0.5) is 20.7 Å². The molecule has 1 aliphatic rings. The lowest BCUT2D eigenvalue weighted by atomic mass is 9.69. The molecule has 11 heteroatoms. The molecule has 2 aromatic heterocycles. The van der Waals surface area contributed by atoms with Crippen molar-refractivity contribution < 1.29 is 14.3 Å². The van der Waals surface area contributed by atoms with Crippen LogP contribution in [-0.2, 0) is 4.79 Å². The van der Waals surface area contributed by atoms with E-state index in [2.05, 4.69) is 31.1 Å². The number of urea groups is 1. The fourth-order valence-corrected chi connectivity index (χ4v) is 4.94. The second-order valence-corrected chi connectivity index (χ2v) is 9.89. The number of nitrogens with zero attached hydrogens (tertiary/aromatic N) is 3. The highest BCUT2D eigenvalue weighted by atomic mass is 32.1. The Bertz CT molecular complexity index is 1340. The highest BCUT2D eigenvalue weighted by Crippen LogP contribution is 2.52. The summed E-state index contributed by atoms with van der Waals surface area (Å²) >= 11 is 2.60. The Hall–Kier alpha value is -3.83. The molecule has 0 spiro atoms. The number of thiazole rings is 1. The van der Waals surface area contributed by atoms with Crippen LogP contribution in [0.1, 0.15) is 30.9 Å². The van der Waals surface area contributed by atoms with Gasteiger partial charge in [-0.25, -0.2) is 9.78 Å². The Morgan fingerprint density at radius 2 is 1.79 bits per heavy atom. The second kappa shape index (κ2) is 8.84. The number of carbonyl (C=O) groups is 2. The molecule has 172 valence electrons. The Morgan fingerprint density at radius 1 is 0.971 bits per heavy atom. The SMILES string of the molecule is CC(C)(C(=O)Nc1nncs1)C1c2ccccc2Oc2cc(NC(=O)Nc3nccs3)ccc21. The molecule has 1 atom stereocenters. The summed E-state index contributed by atoms with van der Waals surface area (Å²) in [7, 11) is 0. The third-order valence-electron chi connectivity index (χ3n) is 5.57. The molecule has 3 heterocycles. The van der Waals surface area contributed by atoms with Gasteiger partial charge in [-0.15, -0.1) is 21.5 Å². The molecule has 34 heavy (non-hydrogen) atoms. The van der Waals surface area contributed by atoms with Gasteiger partial charge < -0.3 is 15.4 Å². The van der Waals surface area contributed by atoms with Crippen molar-refractivity contribution in [3.8, 4) is 11.5 Å². The maximum absolute atomic E-state index is 13.3. The van der Waals surface area contributed by atoms with Crippen molar-refractivity contribution in [2.45, 2.75) is 19.8 Å². The first kappa shape index (κ1) is 22.0. The van der Waals surface area contributed by atoms with Gasteiger partial charge in [-0.1, -0.05) is 49.4 Å². The normalized spacial score (nSPS) is 14.4. The summed E-state index contributed by atoms with van der Waals surface area (Å²) in [6.45, 7) is 3.79. The molecule has 0 bridgehead atoms. The van der Waals surface area contributed by atoms with E-state index in [9.17, 15) is 9.59 Å². The van der Waals surface area contributed by atoms with E-state index < -0.39 is 11.4 Å². The largest absolute Gasteiger partial charge is 0.457 e. The summed E-state index contributed by atoms with van der Waals surface area (Å²) in [5.41, 5.74) is 3.04. The van der Waals surface area contributed by atoms with Gasteiger partial charge in [0.2, 0.25) is 11.0 Å². The first-order chi connectivity index (χ1) is 16.4. The van der Waals surface area contributed by atoms with Crippen LogP contribution >= 0.6 is 22.7 Å². The Morgan fingerprint density at radius 3 is 2.56 bits per heavy atom. The van der Waals surface area contributed by atoms with Gasteiger partial charge in [-0.05, 0) is 12.1 Å². The van der Waals surface area contributed by atoms with Crippen molar-refractivity contribution >= 4 is 50.6 Å². The van der Waals surface area contributed by atoms with Crippen LogP contribution in [0.2, 0.25) is 0 Å². The van der Waals surface area contributed by atoms with Crippen molar-refractivity contribution in [3.05, 3.63) is 70.7 Å². The summed E-state index contributed by atoms with van der Waals surface area (Å²) in [6, 6.07) is 12.7. The lowest BCUT2D eigenvalue weighted by molar-refractivity contribution is -0.124. The number of anilines is 3. The van der Waals surface area contributed by atoms with Crippen LogP contribution < -0.4 is 20.7 Å². The molecular formula is C23H20N6O3S2. The average Bonchev–Trinajstić information content (AvgIpc) is 3.51. The van der Waals surface area contributed by atoms with E-state index in [1.54, 1.807) is 29.2 Å². The minimum absolute atomic E-state index is 0.179. The summed E-state index contributed by atoms with van der Waals surface area (Å²) in [4.78, 5) is 29.7. The Kier molecular flexibility index (Phi) is 5.72. The fourth-order valence-electron chi connectivity index (χ4n) is 3.98. The number of benzene rings is 2. The third kappa shape index (κ3) is 4.22. The molecule has 2 aromatic carbocycles. The van der Waals surface area contributed by atoms with Crippen LogP contribution in [0.3, 0.4) is 0 Å². The topological polar surface area (TPSA) is 118 Å². The first-order valence-electron chi connectivity index (χ1n) is 10.4. The number of carbonyl (C=O) groups excluding carboxylic acids is 2. The number of ether oxygens (including phenoxy) is 1. The fraction of sp³-hybridized carbons (Fsp3) is 0.174. The maximum Gasteiger partial charge on any atom is 0.325 e. The van der Waals surface area contributed by atoms with Crippen molar-refractivity contribution in [3.63, 3.8) is 0 Å². The monoisotopic (exact) mass is 492 g/mol. The number of aromatic nitrogens is 3. The summed E-state index contributed by atoms with van der Waals surface area (Å²) < 4.78 is 6.18. The van der Waals surface area contributed by atoms with Crippen molar-refractivity contribution in [1.29, 1.82) is 0 Å². The van der Waals surface area contributed by atoms with E-state index in [1.807, 2.05) is 44.2 Å². The van der Waals surface area contributed by atoms with Gasteiger partial charge in [-0.2, -0.15) is 0 Å². The third-order valence-corrected chi connectivity index (χ3v) is 6.87. The number of rotatable bonds is 5. The molecule has 0 saturated carbocycles. The molecule has 1 unspecified atom stereocenters. The second-order valence-electron chi connectivity index (χ2n) is 8.16. The summed E-state index contributed by atoms with van der Waals surface area (Å²) in [5, 5.41) is 18.8. The van der Waals surface area contributed by atoms with Crippen LogP contribution in [-0.4, -0.2) is 27.1 Å². The van der Waals surface area contributed by atoms with Gasteiger partial charge in [0.15, 0.2) is 5.13 Å². The van der Waals surface area contributed by atoms with Gasteiger partial charge >= 0.3 is 6.03 Å². The minimum Gasteiger partial charge on any atom is -0.457 e. The molecule has 0 fully saturated rings. The van der Waals surface area contributed by atoms with Crippen molar-refractivity contribution in [2.24, 2.45) is 5.41 Å². The van der Waals surface area contributed by atoms with Crippen molar-refractivity contribution in [1.82, 2.24) is 15.2 Å². The summed E-state index contributed by atoms with van der Waals surface area (Å²) in [5.74, 6) is 0.772. The highest BCUT2D eigenvalue weighted by molar-refractivity contribution is 7.14. The minimum atomic E-state index is -0.850. The van der Waals surface area contributed by atoms with E-state index in [0.717, 1.165) is 11.1 Å². The Labute approximate surface area is 203 Å². The van der Waals surface area contributed by atoms with Crippen molar-refractivity contribution in [2.75, 3.05) is 16.0 Å². The van der Waals surface area contributed by atoms with Crippen LogP contribution in [0.5, 0.6) is 11.5 Å². The number of nitrogens with one attached hydrogen (secondary N) is 3. The molecule has 3 amide bonds. The zero-order valence-corrected chi connectivity index (χ0v) is 19.9. The predicted molar refractivity (Wildman–Crippen MR) is 132 cm³/mol. The quantitative estimate of drug-likeness (QED) is 0.337. The van der Waals surface area contributed by atoms with Gasteiger partial charge in [0.25, 0.3) is 0 Å². The molecule has 3 N–H and O–H groups in total. The lowest BCUT2D eigenvalue weighted by Crippen LogP contribution is -2.38. The predicted octanol–water partition coefficient (Wildman–Crippen LogP) is 5.54. The van der Waals surface area contributed by atoms with E-state index in [4.69, 9.17) is 4.74 Å². The van der Waals surface area contributed by atoms with Gasteiger partial charge in [0.05, 0.1) is 5.41 Å². The number of amides is 3. The number of hydrogen-bond acceptors (Lipinski definition) is 8. The zero-order valence-electron chi connectivity index (χ0n) is 18.2. The van der Waals surface area contributed by atoms with Crippen LogP contribution in [0.15, 0.2) is 59.6 Å². The molecule has 5 rings (SSSR count). The molecule has 0 aliphatic carbocycles. The smallest absolute Gasteiger partial charge is 0.325 e. The Balaban J connectivity index is 1.46.